The van der Waals surface area contributed by atoms with E-state index in [1.165, 1.54) is 24.2 Å². The van der Waals surface area contributed by atoms with Crippen molar-refractivity contribution in [3.63, 3.8) is 0 Å². The zero-order valence-corrected chi connectivity index (χ0v) is 14.3. The van der Waals surface area contributed by atoms with Gasteiger partial charge in [-0.3, -0.25) is 0 Å². The summed E-state index contributed by atoms with van der Waals surface area (Å²) in [4.78, 5) is 2.36. The Hall–Kier alpha value is -1.32. The Labute approximate surface area is 136 Å². The van der Waals surface area contributed by atoms with Gasteiger partial charge in [-0.2, -0.15) is 0 Å². The molecular formula is C18H23BrN2. The molecule has 0 bridgehead atoms. The summed E-state index contributed by atoms with van der Waals surface area (Å²) in [6.45, 7) is 5.24. The number of halogens is 1. The van der Waals surface area contributed by atoms with Crippen molar-refractivity contribution in [3.05, 3.63) is 58.6 Å². The summed E-state index contributed by atoms with van der Waals surface area (Å²) in [5, 5.41) is 0. The molecule has 21 heavy (non-hydrogen) atoms. The second-order valence-electron chi connectivity index (χ2n) is 5.34. The lowest BCUT2D eigenvalue weighted by Crippen LogP contribution is -2.18. The minimum absolute atomic E-state index is 0.0363. The maximum Gasteiger partial charge on any atom is 0.0422 e. The first kappa shape index (κ1) is 16.1. The fourth-order valence-corrected chi connectivity index (χ4v) is 3.11. The van der Waals surface area contributed by atoms with Crippen LogP contribution in [0.4, 0.5) is 11.4 Å². The zero-order valence-electron chi connectivity index (χ0n) is 12.7. The van der Waals surface area contributed by atoms with Crippen LogP contribution < -0.4 is 10.6 Å². The molecule has 1 atom stereocenters. The molecule has 0 spiro atoms. The average Bonchev–Trinajstić information content (AvgIpc) is 2.48. The summed E-state index contributed by atoms with van der Waals surface area (Å²) in [5.74, 6) is 0. The summed E-state index contributed by atoms with van der Waals surface area (Å²) in [7, 11) is 0. The SMILES string of the molecule is CCCCN(c1ccccc1)c1ccc(C(C)N)c(Br)c1. The quantitative estimate of drug-likeness (QED) is 0.757. The van der Waals surface area contributed by atoms with Crippen LogP contribution >= 0.6 is 15.9 Å². The van der Waals surface area contributed by atoms with Crippen LogP contribution in [0.25, 0.3) is 0 Å². The van der Waals surface area contributed by atoms with E-state index in [-0.39, 0.29) is 6.04 Å². The third-order valence-electron chi connectivity index (χ3n) is 3.59. The van der Waals surface area contributed by atoms with Gasteiger partial charge in [0.1, 0.15) is 0 Å². The molecule has 3 heteroatoms. The van der Waals surface area contributed by atoms with E-state index in [1.807, 2.05) is 6.92 Å². The normalized spacial score (nSPS) is 12.2. The second kappa shape index (κ2) is 7.62. The van der Waals surface area contributed by atoms with E-state index < -0.39 is 0 Å². The molecule has 0 aliphatic rings. The predicted octanol–water partition coefficient (Wildman–Crippen LogP) is 5.41. The van der Waals surface area contributed by atoms with Crippen LogP contribution in [0.5, 0.6) is 0 Å². The number of benzene rings is 2. The molecule has 2 aromatic rings. The predicted molar refractivity (Wildman–Crippen MR) is 95.1 cm³/mol. The van der Waals surface area contributed by atoms with E-state index in [9.17, 15) is 0 Å². The van der Waals surface area contributed by atoms with Gasteiger partial charge < -0.3 is 10.6 Å². The van der Waals surface area contributed by atoms with Gasteiger partial charge in [0.15, 0.2) is 0 Å². The van der Waals surface area contributed by atoms with E-state index in [0.717, 1.165) is 16.6 Å². The Morgan fingerprint density at radius 3 is 2.38 bits per heavy atom. The first-order valence-electron chi connectivity index (χ1n) is 7.51. The van der Waals surface area contributed by atoms with Crippen LogP contribution in [0.2, 0.25) is 0 Å². The molecule has 0 radical (unpaired) electrons. The van der Waals surface area contributed by atoms with Crippen LogP contribution in [0.3, 0.4) is 0 Å². The maximum absolute atomic E-state index is 5.99. The van der Waals surface area contributed by atoms with Crippen LogP contribution in [0.1, 0.15) is 38.3 Å². The lowest BCUT2D eigenvalue weighted by Gasteiger charge is -2.26. The minimum Gasteiger partial charge on any atom is -0.341 e. The second-order valence-corrected chi connectivity index (χ2v) is 6.19. The number of unbranched alkanes of at least 4 members (excludes halogenated alkanes) is 1. The summed E-state index contributed by atoms with van der Waals surface area (Å²) >= 11 is 3.65. The number of nitrogens with zero attached hydrogens (tertiary/aromatic N) is 1. The number of para-hydroxylation sites is 1. The maximum atomic E-state index is 5.99. The topological polar surface area (TPSA) is 29.3 Å². The van der Waals surface area contributed by atoms with Crippen molar-refractivity contribution >= 4 is 27.3 Å². The first-order chi connectivity index (χ1) is 10.1. The molecular weight excluding hydrogens is 324 g/mol. The van der Waals surface area contributed by atoms with Crippen LogP contribution in [0, 0.1) is 0 Å². The van der Waals surface area contributed by atoms with Crippen molar-refractivity contribution in [2.75, 3.05) is 11.4 Å². The van der Waals surface area contributed by atoms with Gasteiger partial charge in [0.25, 0.3) is 0 Å². The van der Waals surface area contributed by atoms with Crippen molar-refractivity contribution in [2.24, 2.45) is 5.73 Å². The number of hydrogen-bond acceptors (Lipinski definition) is 2. The highest BCUT2D eigenvalue weighted by Gasteiger charge is 2.12. The summed E-state index contributed by atoms with van der Waals surface area (Å²) in [5.41, 5.74) is 9.56. The van der Waals surface area contributed by atoms with E-state index >= 15 is 0 Å². The number of rotatable bonds is 6. The molecule has 0 fully saturated rings. The van der Waals surface area contributed by atoms with E-state index in [1.54, 1.807) is 0 Å². The largest absolute Gasteiger partial charge is 0.341 e. The minimum atomic E-state index is 0.0363. The van der Waals surface area contributed by atoms with Crippen molar-refractivity contribution in [1.29, 1.82) is 0 Å². The van der Waals surface area contributed by atoms with Crippen molar-refractivity contribution in [1.82, 2.24) is 0 Å². The highest BCUT2D eigenvalue weighted by Crippen LogP contribution is 2.31. The van der Waals surface area contributed by atoms with Gasteiger partial charge in [0.05, 0.1) is 0 Å². The highest BCUT2D eigenvalue weighted by atomic mass is 79.9. The molecule has 112 valence electrons. The van der Waals surface area contributed by atoms with Crippen LogP contribution in [0.15, 0.2) is 53.0 Å². The highest BCUT2D eigenvalue weighted by molar-refractivity contribution is 9.10. The smallest absolute Gasteiger partial charge is 0.0422 e. The summed E-state index contributed by atoms with van der Waals surface area (Å²) in [6, 6.07) is 17.0. The van der Waals surface area contributed by atoms with Crippen LogP contribution in [-0.2, 0) is 0 Å². The van der Waals surface area contributed by atoms with Gasteiger partial charge in [0.2, 0.25) is 0 Å². The fraction of sp³-hybridized carbons (Fsp3) is 0.333. The molecule has 2 nitrogen and oxygen atoms in total. The molecule has 0 saturated heterocycles. The van der Waals surface area contributed by atoms with Gasteiger partial charge >= 0.3 is 0 Å². The lowest BCUT2D eigenvalue weighted by atomic mass is 10.1. The Morgan fingerprint density at radius 2 is 1.81 bits per heavy atom. The molecule has 0 saturated carbocycles. The van der Waals surface area contributed by atoms with Gasteiger partial charge in [-0.15, -0.1) is 0 Å². The molecule has 1 unspecified atom stereocenters. The average molecular weight is 347 g/mol. The Morgan fingerprint density at radius 1 is 1.10 bits per heavy atom. The molecule has 0 aliphatic carbocycles. The third-order valence-corrected chi connectivity index (χ3v) is 4.28. The first-order valence-corrected chi connectivity index (χ1v) is 8.30. The zero-order chi connectivity index (χ0) is 15.2. The molecule has 2 N–H and O–H groups in total. The van der Waals surface area contributed by atoms with Crippen molar-refractivity contribution in [3.8, 4) is 0 Å². The van der Waals surface area contributed by atoms with Gasteiger partial charge in [-0.05, 0) is 43.2 Å². The summed E-state index contributed by atoms with van der Waals surface area (Å²) < 4.78 is 1.08. The standard InChI is InChI=1S/C18H23BrN2/c1-3-4-12-21(15-8-6-5-7-9-15)16-10-11-17(14(2)20)18(19)13-16/h5-11,13-14H,3-4,12,20H2,1-2H3. The van der Waals surface area contributed by atoms with E-state index in [4.69, 9.17) is 5.73 Å². The molecule has 0 aliphatic heterocycles. The molecule has 0 heterocycles. The third kappa shape index (κ3) is 4.08. The summed E-state index contributed by atoms with van der Waals surface area (Å²) in [6.07, 6.45) is 2.35. The monoisotopic (exact) mass is 346 g/mol. The van der Waals surface area contributed by atoms with Gasteiger partial charge in [-0.25, -0.2) is 0 Å². The van der Waals surface area contributed by atoms with Crippen molar-refractivity contribution < 1.29 is 0 Å². The Kier molecular flexibility index (Phi) is 5.83. The van der Waals surface area contributed by atoms with Gasteiger partial charge in [-0.1, -0.05) is 53.5 Å². The molecule has 2 aromatic carbocycles. The number of hydrogen-bond donors (Lipinski definition) is 1. The Bertz CT molecular complexity index is 567. The van der Waals surface area contributed by atoms with Gasteiger partial charge in [0, 0.05) is 28.4 Å². The lowest BCUT2D eigenvalue weighted by molar-refractivity contribution is 0.783. The molecule has 0 aromatic heterocycles. The number of nitrogens with two attached hydrogens (primary N) is 1. The van der Waals surface area contributed by atoms with Crippen LogP contribution in [-0.4, -0.2) is 6.54 Å². The van der Waals surface area contributed by atoms with E-state index in [2.05, 4.69) is 76.3 Å². The van der Waals surface area contributed by atoms with E-state index in [0.29, 0.717) is 0 Å². The Balaban J connectivity index is 2.35. The molecule has 0 amide bonds. The van der Waals surface area contributed by atoms with Crippen molar-refractivity contribution in [2.45, 2.75) is 32.7 Å². The molecule has 2 rings (SSSR count). The fourth-order valence-electron chi connectivity index (χ4n) is 2.38. The number of anilines is 2.